The Morgan fingerprint density at radius 1 is 1.10 bits per heavy atom. The highest BCUT2D eigenvalue weighted by Crippen LogP contribution is 2.33. The van der Waals surface area contributed by atoms with Gasteiger partial charge in [-0.05, 0) is 35.7 Å². The molecule has 0 saturated heterocycles. The zero-order chi connectivity index (χ0) is 15.0. The van der Waals surface area contributed by atoms with Crippen molar-refractivity contribution < 1.29 is 13.2 Å². The van der Waals surface area contributed by atoms with E-state index in [2.05, 4.69) is 11.0 Å². The molecular formula is C16H15F3N2. The van der Waals surface area contributed by atoms with Gasteiger partial charge in [0.15, 0.2) is 0 Å². The zero-order valence-electron chi connectivity index (χ0n) is 11.3. The number of alkyl halides is 3. The van der Waals surface area contributed by atoms with E-state index in [4.69, 9.17) is 5.73 Å². The number of hydrogen-bond donors (Lipinski definition) is 1. The summed E-state index contributed by atoms with van der Waals surface area (Å²) in [6.07, 6.45) is -3.40. The van der Waals surface area contributed by atoms with E-state index in [1.165, 1.54) is 11.6 Å². The van der Waals surface area contributed by atoms with E-state index in [0.717, 1.165) is 36.3 Å². The molecule has 2 aromatic carbocycles. The second-order valence-corrected chi connectivity index (χ2v) is 5.21. The Labute approximate surface area is 121 Å². The zero-order valence-corrected chi connectivity index (χ0v) is 11.3. The molecule has 0 spiro atoms. The summed E-state index contributed by atoms with van der Waals surface area (Å²) in [5, 5.41) is 0. The number of benzene rings is 2. The van der Waals surface area contributed by atoms with Crippen LogP contribution >= 0.6 is 0 Å². The van der Waals surface area contributed by atoms with Crippen molar-refractivity contribution in [1.29, 1.82) is 0 Å². The fourth-order valence-corrected chi connectivity index (χ4v) is 2.69. The Morgan fingerprint density at radius 3 is 2.57 bits per heavy atom. The van der Waals surface area contributed by atoms with Crippen LogP contribution in [0.2, 0.25) is 0 Å². The van der Waals surface area contributed by atoms with Gasteiger partial charge in [-0.25, -0.2) is 0 Å². The highest BCUT2D eigenvalue weighted by atomic mass is 19.4. The predicted octanol–water partition coefficient (Wildman–Crippen LogP) is 3.85. The lowest BCUT2D eigenvalue weighted by Gasteiger charge is -2.21. The van der Waals surface area contributed by atoms with Crippen molar-refractivity contribution in [3.63, 3.8) is 0 Å². The highest BCUT2D eigenvalue weighted by Gasteiger charge is 2.31. The van der Waals surface area contributed by atoms with Crippen molar-refractivity contribution in [2.45, 2.75) is 19.1 Å². The van der Waals surface area contributed by atoms with E-state index in [1.54, 1.807) is 0 Å². The number of fused-ring (bicyclic) bond motifs is 1. The van der Waals surface area contributed by atoms with Crippen molar-refractivity contribution >= 4 is 11.4 Å². The Hall–Kier alpha value is -2.17. The van der Waals surface area contributed by atoms with Gasteiger partial charge in [0, 0.05) is 24.5 Å². The fourth-order valence-electron chi connectivity index (χ4n) is 2.69. The van der Waals surface area contributed by atoms with E-state index in [0.29, 0.717) is 6.54 Å². The Morgan fingerprint density at radius 2 is 1.86 bits per heavy atom. The van der Waals surface area contributed by atoms with Crippen molar-refractivity contribution in [2.75, 3.05) is 17.2 Å². The van der Waals surface area contributed by atoms with E-state index in [9.17, 15) is 13.2 Å². The van der Waals surface area contributed by atoms with Gasteiger partial charge in [0.1, 0.15) is 0 Å². The van der Waals surface area contributed by atoms with E-state index in [1.807, 2.05) is 18.2 Å². The molecule has 2 aromatic rings. The molecule has 0 atom stereocenters. The molecule has 1 heterocycles. The van der Waals surface area contributed by atoms with Gasteiger partial charge in [-0.2, -0.15) is 13.2 Å². The molecule has 0 radical (unpaired) electrons. The first-order chi connectivity index (χ1) is 9.95. The molecule has 0 bridgehead atoms. The molecule has 3 rings (SSSR count). The number of rotatable bonds is 2. The summed E-state index contributed by atoms with van der Waals surface area (Å²) in [6, 6.07) is 11.6. The van der Waals surface area contributed by atoms with Gasteiger partial charge >= 0.3 is 6.18 Å². The van der Waals surface area contributed by atoms with Crippen LogP contribution in [0.25, 0.3) is 0 Å². The minimum absolute atomic E-state index is 0.189. The van der Waals surface area contributed by atoms with Crippen LogP contribution in [-0.2, 0) is 19.1 Å². The number of halogens is 3. The third-order valence-electron chi connectivity index (χ3n) is 3.82. The minimum atomic E-state index is -4.35. The average molecular weight is 292 g/mol. The third kappa shape index (κ3) is 2.68. The number of hydrogen-bond acceptors (Lipinski definition) is 2. The van der Waals surface area contributed by atoms with Gasteiger partial charge in [-0.3, -0.25) is 0 Å². The molecule has 1 aliphatic heterocycles. The maximum atomic E-state index is 12.6. The molecule has 5 heteroatoms. The smallest absolute Gasteiger partial charge is 0.398 e. The molecule has 0 fully saturated rings. The molecule has 0 aromatic heterocycles. The second-order valence-electron chi connectivity index (χ2n) is 5.21. The van der Waals surface area contributed by atoms with Gasteiger partial charge in [-0.1, -0.05) is 24.3 Å². The van der Waals surface area contributed by atoms with Crippen LogP contribution in [0.5, 0.6) is 0 Å². The van der Waals surface area contributed by atoms with E-state index < -0.39 is 11.7 Å². The molecule has 0 aliphatic carbocycles. The van der Waals surface area contributed by atoms with Gasteiger partial charge in [-0.15, -0.1) is 0 Å². The summed E-state index contributed by atoms with van der Waals surface area (Å²) in [6.45, 7) is 1.39. The lowest BCUT2D eigenvalue weighted by atomic mass is 10.1. The lowest BCUT2D eigenvalue weighted by molar-refractivity contribution is -0.137. The van der Waals surface area contributed by atoms with Crippen LogP contribution in [0.1, 0.15) is 16.7 Å². The number of para-hydroxylation sites is 1. The first kappa shape index (κ1) is 13.8. The van der Waals surface area contributed by atoms with Crippen molar-refractivity contribution in [3.05, 3.63) is 59.2 Å². The summed E-state index contributed by atoms with van der Waals surface area (Å²) in [5.74, 6) is 0. The monoisotopic (exact) mass is 292 g/mol. The Bertz CT molecular complexity index is 665. The van der Waals surface area contributed by atoms with Gasteiger partial charge in [0.2, 0.25) is 0 Å². The minimum Gasteiger partial charge on any atom is -0.398 e. The second kappa shape index (κ2) is 4.98. The van der Waals surface area contributed by atoms with Crippen LogP contribution in [0.15, 0.2) is 42.5 Å². The van der Waals surface area contributed by atoms with E-state index >= 15 is 0 Å². The molecule has 1 aliphatic rings. The molecule has 0 amide bonds. The van der Waals surface area contributed by atoms with Crippen molar-refractivity contribution in [3.8, 4) is 0 Å². The highest BCUT2D eigenvalue weighted by molar-refractivity contribution is 5.60. The quantitative estimate of drug-likeness (QED) is 0.852. The van der Waals surface area contributed by atoms with Crippen LogP contribution in [0.4, 0.5) is 24.5 Å². The lowest BCUT2D eigenvalue weighted by Crippen LogP contribution is -2.20. The third-order valence-corrected chi connectivity index (χ3v) is 3.82. The normalized spacial score (nSPS) is 14.3. The predicted molar refractivity (Wildman–Crippen MR) is 77.1 cm³/mol. The summed E-state index contributed by atoms with van der Waals surface area (Å²) in [7, 11) is 0. The van der Waals surface area contributed by atoms with E-state index in [-0.39, 0.29) is 5.69 Å². The SMILES string of the molecule is Nc1cc(C(F)(F)F)ccc1CN1CCc2ccccc21. The summed E-state index contributed by atoms with van der Waals surface area (Å²) in [5.41, 5.74) is 8.40. The van der Waals surface area contributed by atoms with Gasteiger partial charge in [0.25, 0.3) is 0 Å². The van der Waals surface area contributed by atoms with Crippen molar-refractivity contribution in [2.24, 2.45) is 0 Å². The standard InChI is InChI=1S/C16H15F3N2/c17-16(18,19)13-6-5-12(14(20)9-13)10-21-8-7-11-3-1-2-4-15(11)21/h1-6,9H,7-8,10,20H2. The maximum absolute atomic E-state index is 12.6. The Balaban J connectivity index is 1.84. The molecule has 0 saturated carbocycles. The first-order valence-electron chi connectivity index (χ1n) is 6.73. The van der Waals surface area contributed by atoms with Crippen molar-refractivity contribution in [1.82, 2.24) is 0 Å². The van der Waals surface area contributed by atoms with Crippen LogP contribution in [0.3, 0.4) is 0 Å². The van der Waals surface area contributed by atoms with Crippen LogP contribution < -0.4 is 10.6 Å². The van der Waals surface area contributed by atoms with Gasteiger partial charge in [0.05, 0.1) is 5.56 Å². The molecule has 2 N–H and O–H groups in total. The number of nitrogens with two attached hydrogens (primary N) is 1. The molecule has 21 heavy (non-hydrogen) atoms. The van der Waals surface area contributed by atoms with Crippen LogP contribution in [-0.4, -0.2) is 6.54 Å². The summed E-state index contributed by atoms with van der Waals surface area (Å²) in [4.78, 5) is 2.15. The number of nitrogen functional groups attached to an aromatic ring is 1. The Kier molecular flexibility index (Phi) is 3.27. The van der Waals surface area contributed by atoms with Crippen LogP contribution in [0, 0.1) is 0 Å². The molecular weight excluding hydrogens is 277 g/mol. The number of nitrogens with zero attached hydrogens (tertiary/aromatic N) is 1. The van der Waals surface area contributed by atoms with Gasteiger partial charge < -0.3 is 10.6 Å². The first-order valence-corrected chi connectivity index (χ1v) is 6.73. The largest absolute Gasteiger partial charge is 0.416 e. The molecule has 110 valence electrons. The molecule has 0 unspecified atom stereocenters. The number of anilines is 2. The summed E-state index contributed by atoms with van der Waals surface area (Å²) >= 11 is 0. The fraction of sp³-hybridized carbons (Fsp3) is 0.250. The topological polar surface area (TPSA) is 29.3 Å². The maximum Gasteiger partial charge on any atom is 0.416 e. The average Bonchev–Trinajstić information content (AvgIpc) is 2.83. The summed E-state index contributed by atoms with van der Waals surface area (Å²) < 4.78 is 37.9. The molecule has 2 nitrogen and oxygen atoms in total.